The molecule has 0 saturated carbocycles. The van der Waals surface area contributed by atoms with Gasteiger partial charge in [0.05, 0.1) is 5.56 Å². The zero-order valence-corrected chi connectivity index (χ0v) is 13.7. The molecule has 1 aliphatic heterocycles. The number of halogens is 1. The number of amides is 2. The van der Waals surface area contributed by atoms with Gasteiger partial charge in [-0.2, -0.15) is 0 Å². The first kappa shape index (κ1) is 17.0. The maximum atomic E-state index is 13.6. The Labute approximate surface area is 145 Å². The van der Waals surface area contributed by atoms with E-state index in [0.717, 1.165) is 0 Å². The van der Waals surface area contributed by atoms with Crippen LogP contribution in [0.1, 0.15) is 23.2 Å². The summed E-state index contributed by atoms with van der Waals surface area (Å²) in [6.45, 7) is 0.960. The highest BCUT2D eigenvalue weighted by molar-refractivity contribution is 5.94. The third-order valence-electron chi connectivity index (χ3n) is 4.16. The molecule has 1 fully saturated rings. The monoisotopic (exact) mass is 342 g/mol. The van der Waals surface area contributed by atoms with Crippen LogP contribution in [0.4, 0.5) is 9.18 Å². The number of carbonyl (C=O) groups is 2. The lowest BCUT2D eigenvalue weighted by Gasteiger charge is -2.31. The highest BCUT2D eigenvalue weighted by Gasteiger charge is 2.25. The molecule has 6 heteroatoms. The molecule has 25 heavy (non-hydrogen) atoms. The van der Waals surface area contributed by atoms with Crippen LogP contribution in [0.25, 0.3) is 0 Å². The molecule has 130 valence electrons. The van der Waals surface area contributed by atoms with Gasteiger partial charge < -0.3 is 15.0 Å². The smallest absolute Gasteiger partial charge is 0.410 e. The van der Waals surface area contributed by atoms with Crippen LogP contribution in [0.3, 0.4) is 0 Å². The number of rotatable bonds is 3. The predicted molar refractivity (Wildman–Crippen MR) is 90.9 cm³/mol. The molecule has 0 aromatic heterocycles. The van der Waals surface area contributed by atoms with Crippen molar-refractivity contribution in [1.29, 1.82) is 0 Å². The van der Waals surface area contributed by atoms with E-state index in [1.165, 1.54) is 12.1 Å². The fourth-order valence-electron chi connectivity index (χ4n) is 2.77. The van der Waals surface area contributed by atoms with Gasteiger partial charge in [0.1, 0.15) is 11.6 Å². The second kappa shape index (κ2) is 7.79. The summed E-state index contributed by atoms with van der Waals surface area (Å²) in [5.74, 6) is -0.463. The van der Waals surface area contributed by atoms with Crippen molar-refractivity contribution in [3.8, 4) is 5.75 Å². The average molecular weight is 342 g/mol. The fourth-order valence-corrected chi connectivity index (χ4v) is 2.77. The summed E-state index contributed by atoms with van der Waals surface area (Å²) >= 11 is 0. The third kappa shape index (κ3) is 4.35. The van der Waals surface area contributed by atoms with Crippen molar-refractivity contribution < 1.29 is 18.7 Å². The number of likely N-dealkylation sites (tertiary alicyclic amines) is 1. The molecule has 3 rings (SSSR count). The molecule has 0 unspecified atom stereocenters. The van der Waals surface area contributed by atoms with Crippen LogP contribution in [-0.2, 0) is 0 Å². The minimum Gasteiger partial charge on any atom is -0.410 e. The first-order chi connectivity index (χ1) is 12.1. The van der Waals surface area contributed by atoms with Gasteiger partial charge in [0.2, 0.25) is 0 Å². The van der Waals surface area contributed by atoms with Crippen LogP contribution in [0.2, 0.25) is 0 Å². The van der Waals surface area contributed by atoms with Crippen LogP contribution in [0.5, 0.6) is 5.75 Å². The Morgan fingerprint density at radius 1 is 1.00 bits per heavy atom. The van der Waals surface area contributed by atoms with Crippen molar-refractivity contribution in [3.05, 3.63) is 66.0 Å². The molecule has 1 N–H and O–H groups in total. The molecule has 1 saturated heterocycles. The number of ether oxygens (including phenoxy) is 1. The standard InChI is InChI=1S/C19H19FN2O3/c20-17-9-5-4-8-16(17)18(23)21-14-10-12-22(13-11-14)19(24)25-15-6-2-1-3-7-15/h1-9,14H,10-13H2,(H,21,23). The predicted octanol–water partition coefficient (Wildman–Crippen LogP) is 3.22. The fraction of sp³-hybridized carbons (Fsp3) is 0.263. The molecule has 0 bridgehead atoms. The van der Waals surface area contributed by atoms with Crippen molar-refractivity contribution in [2.75, 3.05) is 13.1 Å². The van der Waals surface area contributed by atoms with Crippen molar-refractivity contribution in [1.82, 2.24) is 10.2 Å². The molecular weight excluding hydrogens is 323 g/mol. The van der Waals surface area contributed by atoms with Crippen LogP contribution >= 0.6 is 0 Å². The molecule has 2 aromatic carbocycles. The van der Waals surface area contributed by atoms with Crippen LogP contribution in [0, 0.1) is 5.82 Å². The minimum absolute atomic E-state index is 0.0356. The maximum absolute atomic E-state index is 13.6. The third-order valence-corrected chi connectivity index (χ3v) is 4.16. The molecule has 0 aliphatic carbocycles. The molecule has 1 heterocycles. The Hall–Kier alpha value is -2.89. The Morgan fingerprint density at radius 2 is 1.64 bits per heavy atom. The van der Waals surface area contributed by atoms with E-state index in [2.05, 4.69) is 5.32 Å². The number of piperidine rings is 1. The Kier molecular flexibility index (Phi) is 5.28. The highest BCUT2D eigenvalue weighted by atomic mass is 19.1. The second-order valence-electron chi connectivity index (χ2n) is 5.90. The van der Waals surface area contributed by atoms with Gasteiger partial charge >= 0.3 is 6.09 Å². The van der Waals surface area contributed by atoms with E-state index < -0.39 is 17.8 Å². The molecule has 2 aromatic rings. The number of hydrogen-bond donors (Lipinski definition) is 1. The first-order valence-corrected chi connectivity index (χ1v) is 8.20. The Bertz CT molecular complexity index is 743. The SMILES string of the molecule is O=C(NC1CCN(C(=O)Oc2ccccc2)CC1)c1ccccc1F. The van der Waals surface area contributed by atoms with Gasteiger partial charge in [-0.25, -0.2) is 9.18 Å². The number of benzene rings is 2. The summed E-state index contributed by atoms with van der Waals surface area (Å²) in [5, 5.41) is 2.83. The largest absolute Gasteiger partial charge is 0.415 e. The van der Waals surface area contributed by atoms with E-state index in [-0.39, 0.29) is 11.6 Å². The van der Waals surface area contributed by atoms with Gasteiger partial charge in [-0.1, -0.05) is 30.3 Å². The number of nitrogens with one attached hydrogen (secondary N) is 1. The van der Waals surface area contributed by atoms with Gasteiger partial charge in [-0.15, -0.1) is 0 Å². The number of para-hydroxylation sites is 1. The van der Waals surface area contributed by atoms with Crippen LogP contribution < -0.4 is 10.1 Å². The van der Waals surface area contributed by atoms with Crippen LogP contribution in [-0.4, -0.2) is 36.0 Å². The second-order valence-corrected chi connectivity index (χ2v) is 5.90. The Morgan fingerprint density at radius 3 is 2.32 bits per heavy atom. The summed E-state index contributed by atoms with van der Waals surface area (Å²) in [5.41, 5.74) is 0.0356. The molecule has 0 spiro atoms. The van der Waals surface area contributed by atoms with E-state index in [4.69, 9.17) is 4.74 Å². The molecule has 5 nitrogen and oxygen atoms in total. The van der Waals surface area contributed by atoms with Crippen molar-refractivity contribution >= 4 is 12.0 Å². The van der Waals surface area contributed by atoms with Crippen molar-refractivity contribution in [3.63, 3.8) is 0 Å². The first-order valence-electron chi connectivity index (χ1n) is 8.20. The number of hydrogen-bond acceptors (Lipinski definition) is 3. The van der Waals surface area contributed by atoms with Gasteiger partial charge in [0.15, 0.2) is 0 Å². The van der Waals surface area contributed by atoms with E-state index in [1.807, 2.05) is 6.07 Å². The van der Waals surface area contributed by atoms with E-state index >= 15 is 0 Å². The van der Waals surface area contributed by atoms with Gasteiger partial charge in [-0.05, 0) is 37.1 Å². The lowest BCUT2D eigenvalue weighted by Crippen LogP contribution is -2.47. The van der Waals surface area contributed by atoms with E-state index in [9.17, 15) is 14.0 Å². The van der Waals surface area contributed by atoms with Crippen molar-refractivity contribution in [2.45, 2.75) is 18.9 Å². The van der Waals surface area contributed by atoms with E-state index in [1.54, 1.807) is 41.3 Å². The summed E-state index contributed by atoms with van der Waals surface area (Å²) in [6, 6.07) is 14.7. The summed E-state index contributed by atoms with van der Waals surface area (Å²) in [4.78, 5) is 25.9. The quantitative estimate of drug-likeness (QED) is 0.932. The zero-order valence-electron chi connectivity index (χ0n) is 13.7. The lowest BCUT2D eigenvalue weighted by atomic mass is 10.0. The maximum Gasteiger partial charge on any atom is 0.415 e. The van der Waals surface area contributed by atoms with Gasteiger partial charge in [-0.3, -0.25) is 4.79 Å². The number of carbonyl (C=O) groups excluding carboxylic acids is 2. The molecule has 0 radical (unpaired) electrons. The summed E-state index contributed by atoms with van der Waals surface area (Å²) in [7, 11) is 0. The molecule has 0 atom stereocenters. The molecule has 2 amide bonds. The van der Waals surface area contributed by atoms with Crippen molar-refractivity contribution in [2.24, 2.45) is 0 Å². The Balaban J connectivity index is 1.49. The molecular formula is C19H19FN2O3. The summed E-state index contributed by atoms with van der Waals surface area (Å²) in [6.07, 6.45) is 0.804. The lowest BCUT2D eigenvalue weighted by molar-refractivity contribution is 0.0906. The number of nitrogens with zero attached hydrogens (tertiary/aromatic N) is 1. The topological polar surface area (TPSA) is 58.6 Å². The average Bonchev–Trinajstić information content (AvgIpc) is 2.63. The van der Waals surface area contributed by atoms with E-state index in [0.29, 0.717) is 31.7 Å². The highest BCUT2D eigenvalue weighted by Crippen LogP contribution is 2.16. The minimum atomic E-state index is -0.538. The summed E-state index contributed by atoms with van der Waals surface area (Å²) < 4.78 is 18.9. The molecule has 1 aliphatic rings. The van der Waals surface area contributed by atoms with Gasteiger partial charge in [0, 0.05) is 19.1 Å². The zero-order chi connectivity index (χ0) is 17.6. The normalized spacial score (nSPS) is 14.8. The van der Waals surface area contributed by atoms with Crippen LogP contribution in [0.15, 0.2) is 54.6 Å². The van der Waals surface area contributed by atoms with Gasteiger partial charge in [0.25, 0.3) is 5.91 Å².